The van der Waals surface area contributed by atoms with Crippen LogP contribution in [0.5, 0.6) is 5.75 Å². The van der Waals surface area contributed by atoms with E-state index in [2.05, 4.69) is 0 Å². The van der Waals surface area contributed by atoms with Crippen molar-refractivity contribution in [2.24, 2.45) is 0 Å². The number of hydrogen-bond donors (Lipinski definition) is 0. The van der Waals surface area contributed by atoms with E-state index in [0.29, 0.717) is 11.3 Å². The summed E-state index contributed by atoms with van der Waals surface area (Å²) < 4.78 is 4.90. The molecule has 1 aromatic rings. The zero-order valence-electron chi connectivity index (χ0n) is 9.61. The Balaban J connectivity index is 2.83. The topological polar surface area (TPSA) is 43.4 Å². The van der Waals surface area contributed by atoms with Crippen molar-refractivity contribution < 1.29 is 14.3 Å². The van der Waals surface area contributed by atoms with Crippen molar-refractivity contribution >= 4 is 17.8 Å². The SMILES string of the molecule is CC(=O)Oc1ccc(/C=C(\C)C(C)=O)cc1. The standard InChI is InChI=1S/C13H14O3/c1-9(10(2)14)8-12-4-6-13(7-5-12)16-11(3)15/h4-8H,1-3H3/b9-8+. The number of carbonyl (C=O) groups excluding carboxylic acids is 2. The zero-order valence-corrected chi connectivity index (χ0v) is 9.61. The minimum atomic E-state index is -0.344. The Kier molecular flexibility index (Phi) is 4.00. The number of ketones is 1. The first-order valence-electron chi connectivity index (χ1n) is 4.97. The lowest BCUT2D eigenvalue weighted by atomic mass is 10.1. The summed E-state index contributed by atoms with van der Waals surface area (Å²) in [5, 5.41) is 0. The Hall–Kier alpha value is -1.90. The molecule has 1 rings (SSSR count). The number of rotatable bonds is 3. The summed E-state index contributed by atoms with van der Waals surface area (Å²) in [6.07, 6.45) is 1.79. The number of hydrogen-bond acceptors (Lipinski definition) is 3. The monoisotopic (exact) mass is 218 g/mol. The first kappa shape index (κ1) is 12.2. The van der Waals surface area contributed by atoms with Gasteiger partial charge in [0.25, 0.3) is 0 Å². The van der Waals surface area contributed by atoms with Gasteiger partial charge in [0.1, 0.15) is 5.75 Å². The summed E-state index contributed by atoms with van der Waals surface area (Å²) in [5.74, 6) is 0.206. The Labute approximate surface area is 94.7 Å². The fourth-order valence-electron chi connectivity index (χ4n) is 1.15. The van der Waals surface area contributed by atoms with Crippen LogP contribution in [0.15, 0.2) is 29.8 Å². The van der Waals surface area contributed by atoms with Crippen molar-refractivity contribution in [1.82, 2.24) is 0 Å². The lowest BCUT2D eigenvalue weighted by Gasteiger charge is -2.01. The van der Waals surface area contributed by atoms with Gasteiger partial charge in [-0.1, -0.05) is 12.1 Å². The third kappa shape index (κ3) is 3.69. The second-order valence-electron chi connectivity index (χ2n) is 3.55. The molecule has 16 heavy (non-hydrogen) atoms. The smallest absolute Gasteiger partial charge is 0.308 e. The van der Waals surface area contributed by atoms with Crippen LogP contribution in [0.2, 0.25) is 0 Å². The molecule has 0 aliphatic rings. The lowest BCUT2D eigenvalue weighted by Crippen LogP contribution is -2.00. The van der Waals surface area contributed by atoms with Gasteiger partial charge in [0.2, 0.25) is 0 Å². The summed E-state index contributed by atoms with van der Waals surface area (Å²) in [5.41, 5.74) is 1.60. The second kappa shape index (κ2) is 5.26. The average molecular weight is 218 g/mol. The Morgan fingerprint density at radius 3 is 2.06 bits per heavy atom. The van der Waals surface area contributed by atoms with Crippen LogP contribution >= 0.6 is 0 Å². The fraction of sp³-hybridized carbons (Fsp3) is 0.231. The fourth-order valence-corrected chi connectivity index (χ4v) is 1.15. The van der Waals surface area contributed by atoms with Crippen LogP contribution in [0.3, 0.4) is 0 Å². The normalized spacial score (nSPS) is 11.1. The van der Waals surface area contributed by atoms with Crippen molar-refractivity contribution in [3.05, 3.63) is 35.4 Å². The molecule has 0 unspecified atom stereocenters. The Morgan fingerprint density at radius 2 is 1.62 bits per heavy atom. The quantitative estimate of drug-likeness (QED) is 0.445. The van der Waals surface area contributed by atoms with Crippen LogP contribution in [-0.4, -0.2) is 11.8 Å². The van der Waals surface area contributed by atoms with Crippen LogP contribution in [0.1, 0.15) is 26.3 Å². The van der Waals surface area contributed by atoms with E-state index in [4.69, 9.17) is 4.74 Å². The largest absolute Gasteiger partial charge is 0.427 e. The third-order valence-electron chi connectivity index (χ3n) is 2.08. The molecule has 0 fully saturated rings. The molecule has 84 valence electrons. The second-order valence-corrected chi connectivity index (χ2v) is 3.55. The van der Waals surface area contributed by atoms with Gasteiger partial charge in [-0.15, -0.1) is 0 Å². The molecule has 0 aliphatic heterocycles. The Morgan fingerprint density at radius 1 is 1.06 bits per heavy atom. The molecule has 0 spiro atoms. The summed E-state index contributed by atoms with van der Waals surface area (Å²) >= 11 is 0. The zero-order chi connectivity index (χ0) is 12.1. The molecular formula is C13H14O3. The summed E-state index contributed by atoms with van der Waals surface area (Å²) in [6.45, 7) is 4.65. The number of Topliss-reactive ketones (excluding diaryl/α,β-unsaturated/α-hetero) is 1. The molecule has 1 aromatic carbocycles. The highest BCUT2D eigenvalue weighted by molar-refractivity contribution is 5.97. The minimum absolute atomic E-state index is 0.0454. The summed E-state index contributed by atoms with van der Waals surface area (Å²) in [7, 11) is 0. The van der Waals surface area contributed by atoms with Gasteiger partial charge in [-0.2, -0.15) is 0 Å². The van der Waals surface area contributed by atoms with Gasteiger partial charge in [0, 0.05) is 6.92 Å². The molecule has 0 aromatic heterocycles. The van der Waals surface area contributed by atoms with Crippen molar-refractivity contribution in [3.8, 4) is 5.75 Å². The maximum Gasteiger partial charge on any atom is 0.308 e. The molecule has 0 aliphatic carbocycles. The molecule has 0 saturated heterocycles. The maximum absolute atomic E-state index is 11.0. The molecule has 0 bridgehead atoms. The number of carbonyl (C=O) groups is 2. The molecule has 3 nitrogen and oxygen atoms in total. The van der Waals surface area contributed by atoms with Gasteiger partial charge in [0.15, 0.2) is 5.78 Å². The summed E-state index contributed by atoms with van der Waals surface area (Å²) in [6, 6.07) is 6.98. The molecule has 0 N–H and O–H groups in total. The molecule has 0 radical (unpaired) electrons. The van der Waals surface area contributed by atoms with Gasteiger partial charge in [-0.05, 0) is 43.2 Å². The summed E-state index contributed by atoms with van der Waals surface area (Å²) in [4.78, 5) is 21.7. The molecule has 0 heterocycles. The van der Waals surface area contributed by atoms with E-state index in [1.807, 2.05) is 0 Å². The van der Waals surface area contributed by atoms with Crippen LogP contribution in [0.4, 0.5) is 0 Å². The van der Waals surface area contributed by atoms with Crippen molar-refractivity contribution in [3.63, 3.8) is 0 Å². The van der Waals surface area contributed by atoms with Gasteiger partial charge in [-0.3, -0.25) is 9.59 Å². The van der Waals surface area contributed by atoms with E-state index in [1.54, 1.807) is 37.3 Å². The molecule has 0 atom stereocenters. The van der Waals surface area contributed by atoms with E-state index >= 15 is 0 Å². The predicted molar refractivity (Wildman–Crippen MR) is 62.1 cm³/mol. The third-order valence-corrected chi connectivity index (χ3v) is 2.08. The van der Waals surface area contributed by atoms with Crippen LogP contribution in [0.25, 0.3) is 6.08 Å². The van der Waals surface area contributed by atoms with Crippen LogP contribution in [0, 0.1) is 0 Å². The van der Waals surface area contributed by atoms with Gasteiger partial charge >= 0.3 is 5.97 Å². The number of esters is 1. The first-order valence-corrected chi connectivity index (χ1v) is 4.97. The van der Waals surface area contributed by atoms with Crippen LogP contribution in [-0.2, 0) is 9.59 Å². The Bertz CT molecular complexity index is 427. The van der Waals surface area contributed by atoms with Crippen molar-refractivity contribution in [2.75, 3.05) is 0 Å². The molecule has 0 amide bonds. The van der Waals surface area contributed by atoms with Gasteiger partial charge in [0.05, 0.1) is 0 Å². The predicted octanol–water partition coefficient (Wildman–Crippen LogP) is 2.60. The van der Waals surface area contributed by atoms with Crippen LogP contribution < -0.4 is 4.74 Å². The molecule has 0 saturated carbocycles. The highest BCUT2D eigenvalue weighted by Crippen LogP contribution is 2.14. The van der Waals surface area contributed by atoms with Crippen molar-refractivity contribution in [1.29, 1.82) is 0 Å². The highest BCUT2D eigenvalue weighted by Gasteiger charge is 1.99. The van der Waals surface area contributed by atoms with E-state index in [-0.39, 0.29) is 11.8 Å². The maximum atomic E-state index is 11.0. The van der Waals surface area contributed by atoms with E-state index in [9.17, 15) is 9.59 Å². The van der Waals surface area contributed by atoms with Gasteiger partial charge < -0.3 is 4.74 Å². The first-order chi connectivity index (χ1) is 7.49. The minimum Gasteiger partial charge on any atom is -0.427 e. The van der Waals surface area contributed by atoms with E-state index in [1.165, 1.54) is 13.8 Å². The molecular weight excluding hydrogens is 204 g/mol. The lowest BCUT2D eigenvalue weighted by molar-refractivity contribution is -0.131. The number of ether oxygens (including phenoxy) is 1. The highest BCUT2D eigenvalue weighted by atomic mass is 16.5. The number of allylic oxidation sites excluding steroid dienone is 1. The van der Waals surface area contributed by atoms with Gasteiger partial charge in [-0.25, -0.2) is 0 Å². The van der Waals surface area contributed by atoms with Crippen molar-refractivity contribution in [2.45, 2.75) is 20.8 Å². The van der Waals surface area contributed by atoms with E-state index in [0.717, 1.165) is 5.56 Å². The number of benzene rings is 1. The molecule has 3 heteroatoms. The average Bonchev–Trinajstić information content (AvgIpc) is 2.20. The van der Waals surface area contributed by atoms with E-state index < -0.39 is 0 Å².